The van der Waals surface area contributed by atoms with Crippen LogP contribution >= 0.6 is 0 Å². The quantitative estimate of drug-likeness (QED) is 0.870. The molecule has 7 heteroatoms. The molecule has 102 valence electrons. The van der Waals surface area contributed by atoms with E-state index in [2.05, 4.69) is 0 Å². The second-order valence-electron chi connectivity index (χ2n) is 3.55. The van der Waals surface area contributed by atoms with Crippen LogP contribution in [0.4, 0.5) is 13.2 Å². The van der Waals surface area contributed by atoms with E-state index in [4.69, 9.17) is 15.2 Å². The van der Waals surface area contributed by atoms with Crippen LogP contribution in [0.15, 0.2) is 12.1 Å². The first-order valence-electron chi connectivity index (χ1n) is 5.06. The first kappa shape index (κ1) is 14.6. The Morgan fingerprint density at radius 2 is 1.89 bits per heavy atom. The number of nitrogens with two attached hydrogens (primary N) is 1. The molecule has 4 nitrogen and oxygen atoms in total. The first-order chi connectivity index (χ1) is 8.35. The Labute approximate surface area is 102 Å². The Morgan fingerprint density at radius 1 is 1.28 bits per heavy atom. The van der Waals surface area contributed by atoms with Gasteiger partial charge in [-0.2, -0.15) is 13.2 Å². The number of hydrogen-bond donors (Lipinski definition) is 2. The van der Waals surface area contributed by atoms with Gasteiger partial charge in [0.15, 0.2) is 11.5 Å². The maximum absolute atomic E-state index is 12.9. The van der Waals surface area contributed by atoms with Gasteiger partial charge < -0.3 is 20.3 Å². The van der Waals surface area contributed by atoms with Gasteiger partial charge in [0.05, 0.1) is 20.3 Å². The molecule has 0 saturated heterocycles. The standard InChI is InChI=1S/C11H14F3NO3/c1-17-9-4-6(8(16)5-15)3-7(10(9)18-2)11(12,13)14/h3-4,8,16H,5,15H2,1-2H3. The highest BCUT2D eigenvalue weighted by molar-refractivity contribution is 5.51. The van der Waals surface area contributed by atoms with Crippen LogP contribution in [0.5, 0.6) is 11.5 Å². The average Bonchev–Trinajstić information content (AvgIpc) is 2.34. The zero-order valence-corrected chi connectivity index (χ0v) is 9.91. The lowest BCUT2D eigenvalue weighted by molar-refractivity contribution is -0.139. The van der Waals surface area contributed by atoms with Crippen LogP contribution < -0.4 is 15.2 Å². The van der Waals surface area contributed by atoms with Gasteiger partial charge in [-0.05, 0) is 17.7 Å². The smallest absolute Gasteiger partial charge is 0.420 e. The zero-order chi connectivity index (χ0) is 13.9. The molecule has 1 atom stereocenters. The lowest BCUT2D eigenvalue weighted by atomic mass is 10.0. The minimum Gasteiger partial charge on any atom is -0.493 e. The summed E-state index contributed by atoms with van der Waals surface area (Å²) in [7, 11) is 2.34. The predicted molar refractivity (Wildman–Crippen MR) is 58.6 cm³/mol. The van der Waals surface area contributed by atoms with Gasteiger partial charge >= 0.3 is 6.18 Å². The molecular formula is C11H14F3NO3. The van der Waals surface area contributed by atoms with E-state index in [0.29, 0.717) is 0 Å². The van der Waals surface area contributed by atoms with Gasteiger partial charge in [-0.25, -0.2) is 0 Å². The molecule has 1 aromatic rings. The van der Waals surface area contributed by atoms with Gasteiger partial charge in [0.25, 0.3) is 0 Å². The fraction of sp³-hybridized carbons (Fsp3) is 0.455. The largest absolute Gasteiger partial charge is 0.493 e. The first-order valence-corrected chi connectivity index (χ1v) is 5.06. The van der Waals surface area contributed by atoms with Gasteiger partial charge in [0.1, 0.15) is 5.56 Å². The van der Waals surface area contributed by atoms with Crippen molar-refractivity contribution in [2.45, 2.75) is 12.3 Å². The summed E-state index contributed by atoms with van der Waals surface area (Å²) in [5, 5.41) is 9.51. The summed E-state index contributed by atoms with van der Waals surface area (Å²) in [5.74, 6) is -0.521. The number of halogens is 3. The fourth-order valence-electron chi connectivity index (χ4n) is 1.52. The van der Waals surface area contributed by atoms with Crippen molar-refractivity contribution in [2.75, 3.05) is 20.8 Å². The molecule has 1 rings (SSSR count). The van der Waals surface area contributed by atoms with Crippen molar-refractivity contribution in [1.82, 2.24) is 0 Å². The van der Waals surface area contributed by atoms with Crippen LogP contribution in [0, 0.1) is 0 Å². The number of methoxy groups -OCH3 is 2. The minimum absolute atomic E-state index is 0.0301. The van der Waals surface area contributed by atoms with E-state index in [-0.39, 0.29) is 17.9 Å². The van der Waals surface area contributed by atoms with E-state index in [1.165, 1.54) is 13.2 Å². The molecule has 0 saturated carbocycles. The van der Waals surface area contributed by atoms with Gasteiger partial charge in [-0.3, -0.25) is 0 Å². The molecule has 18 heavy (non-hydrogen) atoms. The molecule has 0 bridgehead atoms. The molecule has 1 aromatic carbocycles. The topological polar surface area (TPSA) is 64.7 Å². The SMILES string of the molecule is COc1cc(C(O)CN)cc(C(F)(F)F)c1OC. The van der Waals surface area contributed by atoms with Gasteiger partial charge in [-0.15, -0.1) is 0 Å². The average molecular weight is 265 g/mol. The highest BCUT2D eigenvalue weighted by Crippen LogP contribution is 2.43. The van der Waals surface area contributed by atoms with Crippen LogP contribution in [0.1, 0.15) is 17.2 Å². The summed E-state index contributed by atoms with van der Waals surface area (Å²) in [6.07, 6.45) is -5.80. The zero-order valence-electron chi connectivity index (χ0n) is 9.91. The number of hydrogen-bond acceptors (Lipinski definition) is 4. The van der Waals surface area contributed by atoms with E-state index >= 15 is 0 Å². The Morgan fingerprint density at radius 3 is 2.28 bits per heavy atom. The Hall–Kier alpha value is -1.47. The number of aliphatic hydroxyl groups excluding tert-OH is 1. The van der Waals surface area contributed by atoms with Crippen LogP contribution in [0.3, 0.4) is 0 Å². The van der Waals surface area contributed by atoms with Crippen molar-refractivity contribution in [1.29, 1.82) is 0 Å². The second-order valence-corrected chi connectivity index (χ2v) is 3.55. The molecule has 0 amide bonds. The molecule has 0 aromatic heterocycles. The van der Waals surface area contributed by atoms with Gasteiger partial charge in [-0.1, -0.05) is 0 Å². The molecule has 0 aliphatic heterocycles. The van der Waals surface area contributed by atoms with E-state index in [9.17, 15) is 18.3 Å². The Kier molecular flexibility index (Phi) is 4.42. The molecule has 0 fully saturated rings. The van der Waals surface area contributed by atoms with Crippen LogP contribution in [-0.2, 0) is 6.18 Å². The van der Waals surface area contributed by atoms with Gasteiger partial charge in [0, 0.05) is 6.54 Å². The summed E-state index contributed by atoms with van der Waals surface area (Å²) >= 11 is 0. The molecule has 0 aliphatic rings. The third-order valence-corrected chi connectivity index (χ3v) is 2.41. The Bertz CT molecular complexity index is 421. The summed E-state index contributed by atoms with van der Waals surface area (Å²) < 4.78 is 48.1. The van der Waals surface area contributed by atoms with E-state index in [1.807, 2.05) is 0 Å². The summed E-state index contributed by atoms with van der Waals surface area (Å²) in [4.78, 5) is 0. The maximum atomic E-state index is 12.9. The van der Waals surface area contributed by atoms with Crippen LogP contribution in [-0.4, -0.2) is 25.9 Å². The van der Waals surface area contributed by atoms with Gasteiger partial charge in [0.2, 0.25) is 0 Å². The number of ether oxygens (including phenoxy) is 2. The summed E-state index contributed by atoms with van der Waals surface area (Å²) in [6, 6.07) is 2.07. The lowest BCUT2D eigenvalue weighted by Crippen LogP contribution is -2.15. The van der Waals surface area contributed by atoms with Crippen molar-refractivity contribution in [2.24, 2.45) is 5.73 Å². The Balaban J connectivity index is 3.46. The third kappa shape index (κ3) is 2.85. The third-order valence-electron chi connectivity index (χ3n) is 2.41. The number of alkyl halides is 3. The molecule has 3 N–H and O–H groups in total. The molecule has 0 radical (unpaired) electrons. The number of aliphatic hydroxyl groups is 1. The number of benzene rings is 1. The van der Waals surface area contributed by atoms with Crippen molar-refractivity contribution >= 4 is 0 Å². The van der Waals surface area contributed by atoms with Crippen molar-refractivity contribution in [3.8, 4) is 11.5 Å². The van der Waals surface area contributed by atoms with E-state index in [1.54, 1.807) is 0 Å². The molecule has 0 spiro atoms. The van der Waals surface area contributed by atoms with Crippen LogP contribution in [0.2, 0.25) is 0 Å². The molecule has 0 heterocycles. The van der Waals surface area contributed by atoms with E-state index < -0.39 is 23.6 Å². The molecule has 1 unspecified atom stereocenters. The molecule has 0 aliphatic carbocycles. The highest BCUT2D eigenvalue weighted by atomic mass is 19.4. The summed E-state index contributed by atoms with van der Waals surface area (Å²) in [5.41, 5.74) is 4.24. The van der Waals surface area contributed by atoms with Crippen molar-refractivity contribution in [3.63, 3.8) is 0 Å². The monoisotopic (exact) mass is 265 g/mol. The number of rotatable bonds is 4. The van der Waals surface area contributed by atoms with Crippen LogP contribution in [0.25, 0.3) is 0 Å². The van der Waals surface area contributed by atoms with Crippen molar-refractivity contribution in [3.05, 3.63) is 23.3 Å². The summed E-state index contributed by atoms with van der Waals surface area (Å²) in [6.45, 7) is -0.188. The van der Waals surface area contributed by atoms with E-state index in [0.717, 1.165) is 13.2 Å². The normalized spacial score (nSPS) is 13.3. The fourth-order valence-corrected chi connectivity index (χ4v) is 1.52. The van der Waals surface area contributed by atoms with Crippen molar-refractivity contribution < 1.29 is 27.8 Å². The minimum atomic E-state index is -4.61. The highest BCUT2D eigenvalue weighted by Gasteiger charge is 2.36. The predicted octanol–water partition coefficient (Wildman–Crippen LogP) is 1.71. The lowest BCUT2D eigenvalue weighted by Gasteiger charge is -2.18. The molecular weight excluding hydrogens is 251 g/mol. The maximum Gasteiger partial charge on any atom is 0.420 e. The second kappa shape index (κ2) is 5.45.